The van der Waals surface area contributed by atoms with Gasteiger partial charge in [-0.3, -0.25) is 14.5 Å². The van der Waals surface area contributed by atoms with Crippen LogP contribution >= 0.6 is 11.3 Å². The molecule has 29 heavy (non-hydrogen) atoms. The molecule has 0 radical (unpaired) electrons. The zero-order valence-corrected chi connectivity index (χ0v) is 20.7. The molecule has 1 aromatic heterocycles. The van der Waals surface area contributed by atoms with Crippen LogP contribution in [0.15, 0.2) is 4.79 Å². The van der Waals surface area contributed by atoms with Crippen molar-refractivity contribution in [2.24, 2.45) is 0 Å². The van der Waals surface area contributed by atoms with Gasteiger partial charge in [-0.25, -0.2) is 4.79 Å². The van der Waals surface area contributed by atoms with Crippen LogP contribution in [0.2, 0.25) is 18.1 Å². The molecule has 9 heteroatoms. The van der Waals surface area contributed by atoms with Gasteiger partial charge in [0.1, 0.15) is 5.60 Å². The number of carbonyl (C=O) groups excluding carboxylic acids is 2. The van der Waals surface area contributed by atoms with E-state index in [9.17, 15) is 14.4 Å². The van der Waals surface area contributed by atoms with Crippen LogP contribution in [0.5, 0.6) is 0 Å². The molecule has 7 nitrogen and oxygen atoms in total. The van der Waals surface area contributed by atoms with Gasteiger partial charge < -0.3 is 13.7 Å². The fourth-order valence-corrected chi connectivity index (χ4v) is 4.78. The molecule has 1 aromatic rings. The smallest absolute Gasteiger partial charge is 0.411 e. The summed E-state index contributed by atoms with van der Waals surface area (Å²) in [5.74, 6) is -0.213. The Labute approximate surface area is 178 Å². The zero-order chi connectivity index (χ0) is 22.2. The van der Waals surface area contributed by atoms with E-state index >= 15 is 0 Å². The molecule has 1 aliphatic heterocycles. The Bertz CT molecular complexity index is 829. The summed E-state index contributed by atoms with van der Waals surface area (Å²) in [6, 6.07) is 0. The zero-order valence-electron chi connectivity index (χ0n) is 18.9. The molecule has 0 atom stereocenters. The topological polar surface area (TPSA) is 77.8 Å². The van der Waals surface area contributed by atoms with Crippen LogP contribution in [-0.2, 0) is 22.3 Å². The van der Waals surface area contributed by atoms with E-state index in [1.165, 1.54) is 4.90 Å². The molecule has 164 valence electrons. The Morgan fingerprint density at radius 1 is 1.10 bits per heavy atom. The molecule has 0 spiro atoms. The maximum atomic E-state index is 12.5. The van der Waals surface area contributed by atoms with E-state index in [1.807, 2.05) is 0 Å². The minimum absolute atomic E-state index is 0.0592. The first-order chi connectivity index (χ1) is 13.1. The lowest BCUT2D eigenvalue weighted by molar-refractivity contribution is 0.0216. The van der Waals surface area contributed by atoms with Gasteiger partial charge in [0.25, 0.3) is 0 Å². The molecule has 1 amide bonds. The highest BCUT2D eigenvalue weighted by Gasteiger charge is 2.37. The van der Waals surface area contributed by atoms with Gasteiger partial charge in [0, 0.05) is 13.2 Å². The lowest BCUT2D eigenvalue weighted by Crippen LogP contribution is -2.43. The lowest BCUT2D eigenvalue weighted by atomic mass is 10.1. The maximum absolute atomic E-state index is 12.5. The van der Waals surface area contributed by atoms with E-state index in [4.69, 9.17) is 9.16 Å². The third-order valence-corrected chi connectivity index (χ3v) is 11.0. The number of carbonyl (C=O) groups is 2. The second kappa shape index (κ2) is 8.35. The Balaban J connectivity index is 2.09. The molecule has 0 unspecified atom stereocenters. The van der Waals surface area contributed by atoms with Crippen molar-refractivity contribution in [1.29, 1.82) is 0 Å². The van der Waals surface area contributed by atoms with Gasteiger partial charge in [-0.2, -0.15) is 0 Å². The number of rotatable bonds is 5. The van der Waals surface area contributed by atoms with Crippen molar-refractivity contribution >= 4 is 31.5 Å². The summed E-state index contributed by atoms with van der Waals surface area (Å²) < 4.78 is 13.2. The molecule has 2 rings (SSSR count). The fourth-order valence-electron chi connectivity index (χ4n) is 2.74. The summed E-state index contributed by atoms with van der Waals surface area (Å²) in [5.41, 5.74) is -0.0371. The first kappa shape index (κ1) is 23.8. The van der Waals surface area contributed by atoms with Gasteiger partial charge in [0.05, 0.1) is 23.7 Å². The molecular formula is C20H34N2O5SSi. The van der Waals surface area contributed by atoms with E-state index < -0.39 is 20.0 Å². The van der Waals surface area contributed by atoms with E-state index in [0.717, 1.165) is 11.3 Å². The minimum Gasteiger partial charge on any atom is -0.444 e. The summed E-state index contributed by atoms with van der Waals surface area (Å²) >= 11 is 0.967. The van der Waals surface area contributed by atoms with Crippen LogP contribution in [-0.4, -0.2) is 48.4 Å². The highest BCUT2D eigenvalue weighted by atomic mass is 32.1. The molecule has 0 saturated heterocycles. The van der Waals surface area contributed by atoms with Crippen LogP contribution in [0.3, 0.4) is 0 Å². The van der Waals surface area contributed by atoms with Crippen LogP contribution in [0.1, 0.15) is 63.3 Å². The van der Waals surface area contributed by atoms with Crippen LogP contribution in [0.4, 0.5) is 4.79 Å². The standard InChI is InChI=1S/C20H34N2O5SSi/c1-19(2,3)27-17(24)21-12-14-16(15(23)13-21)28-18(25)22(14)10-9-11-26-29(7,8)20(4,5)6/h9-13H2,1-8H3. The van der Waals surface area contributed by atoms with E-state index in [0.29, 0.717) is 30.1 Å². The number of aromatic nitrogens is 1. The number of Topliss-reactive ketones (excluding diaryl/α,β-unsaturated/α-hetero) is 1. The van der Waals surface area contributed by atoms with Crippen LogP contribution in [0.25, 0.3) is 0 Å². The number of hydrogen-bond donors (Lipinski definition) is 0. The molecule has 1 aliphatic rings. The van der Waals surface area contributed by atoms with Crippen molar-refractivity contribution in [3.8, 4) is 0 Å². The highest BCUT2D eigenvalue weighted by molar-refractivity contribution is 7.11. The molecule has 0 N–H and O–H groups in total. The Morgan fingerprint density at radius 3 is 2.28 bits per heavy atom. The first-order valence-electron chi connectivity index (χ1n) is 10.00. The molecule has 0 aliphatic carbocycles. The maximum Gasteiger partial charge on any atom is 0.411 e. The predicted octanol–water partition coefficient (Wildman–Crippen LogP) is 4.26. The van der Waals surface area contributed by atoms with Crippen molar-refractivity contribution in [1.82, 2.24) is 9.47 Å². The SMILES string of the molecule is CC(C)(C)OC(=O)N1CC(=O)c2sc(=O)n(CCCO[Si](C)(C)C(C)(C)C)c2C1. The quantitative estimate of drug-likeness (QED) is 0.503. The number of ketones is 1. The molecule has 0 bridgehead atoms. The fraction of sp³-hybridized carbons (Fsp3) is 0.750. The summed E-state index contributed by atoms with van der Waals surface area (Å²) in [7, 11) is -1.84. The van der Waals surface area contributed by atoms with Crippen molar-refractivity contribution in [3.63, 3.8) is 0 Å². The van der Waals surface area contributed by atoms with Crippen LogP contribution in [0, 0.1) is 0 Å². The monoisotopic (exact) mass is 442 g/mol. The number of fused-ring (bicyclic) bond motifs is 1. The number of amides is 1. The number of hydrogen-bond acceptors (Lipinski definition) is 6. The summed E-state index contributed by atoms with van der Waals surface area (Å²) in [5, 5.41) is 0.131. The van der Waals surface area contributed by atoms with Crippen molar-refractivity contribution in [2.75, 3.05) is 13.2 Å². The number of thiazole rings is 1. The van der Waals surface area contributed by atoms with E-state index in [-0.39, 0.29) is 28.8 Å². The average Bonchev–Trinajstić information content (AvgIpc) is 2.85. The molecule has 0 fully saturated rings. The van der Waals surface area contributed by atoms with Crippen molar-refractivity contribution in [2.45, 2.75) is 84.8 Å². The first-order valence-corrected chi connectivity index (χ1v) is 13.7. The normalized spacial score (nSPS) is 15.4. The molecule has 0 saturated carbocycles. The number of nitrogens with zero attached hydrogens (tertiary/aromatic N) is 2. The summed E-state index contributed by atoms with van der Waals surface area (Å²) in [6.07, 6.45) is 0.138. The van der Waals surface area contributed by atoms with Gasteiger partial charge in [0.2, 0.25) is 0 Å². The summed E-state index contributed by atoms with van der Waals surface area (Å²) in [6.45, 7) is 17.5. The molecular weight excluding hydrogens is 408 g/mol. The molecule has 0 aromatic carbocycles. The second-order valence-electron chi connectivity index (χ2n) is 10.0. The van der Waals surface area contributed by atoms with Gasteiger partial charge in [-0.15, -0.1) is 0 Å². The van der Waals surface area contributed by atoms with Gasteiger partial charge >= 0.3 is 11.0 Å². The Hall–Kier alpha value is -1.45. The third kappa shape index (κ3) is 5.79. The third-order valence-electron chi connectivity index (χ3n) is 5.37. The second-order valence-corrected chi connectivity index (χ2v) is 15.8. The Morgan fingerprint density at radius 2 is 1.72 bits per heavy atom. The largest absolute Gasteiger partial charge is 0.444 e. The summed E-state index contributed by atoms with van der Waals surface area (Å²) in [4.78, 5) is 39.0. The van der Waals surface area contributed by atoms with E-state index in [1.54, 1.807) is 25.3 Å². The Kier molecular flexibility index (Phi) is 6.86. The van der Waals surface area contributed by atoms with Gasteiger partial charge in [-0.05, 0) is 45.3 Å². The van der Waals surface area contributed by atoms with E-state index in [2.05, 4.69) is 33.9 Å². The van der Waals surface area contributed by atoms with Gasteiger partial charge in [-0.1, -0.05) is 32.1 Å². The number of ether oxygens (including phenoxy) is 1. The average molecular weight is 443 g/mol. The lowest BCUT2D eigenvalue weighted by Gasteiger charge is -2.36. The highest BCUT2D eigenvalue weighted by Crippen LogP contribution is 2.36. The molecule has 2 heterocycles. The van der Waals surface area contributed by atoms with Crippen molar-refractivity contribution < 1.29 is 18.8 Å². The van der Waals surface area contributed by atoms with Crippen LogP contribution < -0.4 is 4.87 Å². The van der Waals surface area contributed by atoms with Gasteiger partial charge in [0.15, 0.2) is 14.1 Å². The predicted molar refractivity (Wildman–Crippen MR) is 117 cm³/mol. The minimum atomic E-state index is -1.84. The van der Waals surface area contributed by atoms with Crippen molar-refractivity contribution in [3.05, 3.63) is 20.2 Å².